The van der Waals surface area contributed by atoms with E-state index in [0.29, 0.717) is 0 Å². The van der Waals surface area contributed by atoms with Crippen molar-refractivity contribution in [3.05, 3.63) is 0 Å². The van der Waals surface area contributed by atoms with Gasteiger partial charge in [-0.3, -0.25) is 0 Å². The Balaban J connectivity index is 1.68. The van der Waals surface area contributed by atoms with E-state index in [1.54, 1.807) is 0 Å². The number of aliphatic hydroxyl groups excluding tert-OH is 9. The maximum Gasteiger partial charge on any atom is 0.187 e. The Labute approximate surface area is 170 Å². The molecule has 30 heavy (non-hydrogen) atoms. The summed E-state index contributed by atoms with van der Waals surface area (Å²) in [5.74, 6) is 0. The summed E-state index contributed by atoms with van der Waals surface area (Å²) in [7, 11) is 0. The molecule has 3 aliphatic rings. The summed E-state index contributed by atoms with van der Waals surface area (Å²) < 4.78 is 26.2. The molecule has 0 aliphatic carbocycles. The van der Waals surface area contributed by atoms with Crippen LogP contribution in [0.25, 0.3) is 0 Å². The summed E-state index contributed by atoms with van der Waals surface area (Å²) in [6.45, 7) is -1.93. The van der Waals surface area contributed by atoms with Crippen LogP contribution < -0.4 is 0 Å². The van der Waals surface area contributed by atoms with Crippen LogP contribution in [0.2, 0.25) is 0 Å². The molecule has 14 heteroatoms. The van der Waals surface area contributed by atoms with E-state index >= 15 is 0 Å². The van der Waals surface area contributed by atoms with E-state index in [9.17, 15) is 40.9 Å². The van der Waals surface area contributed by atoms with Gasteiger partial charge in [0.25, 0.3) is 0 Å². The van der Waals surface area contributed by atoms with Gasteiger partial charge in [-0.2, -0.15) is 0 Å². The van der Waals surface area contributed by atoms with Gasteiger partial charge < -0.3 is 69.6 Å². The standard InChI is InChI=1S/C16H28O14/c17-1-4-7(20)9(22)15(27-4)29-12-6(3-19)28-16(11(12)24)30-13-8(21)5(2-18)26-14(25)10(13)23/h4-25H,1-3H2/t4-,5-,6-,7+,8-,9-,10-,11-,12+,13+,14-,15-,16-/m1/s1. The van der Waals surface area contributed by atoms with E-state index in [1.807, 2.05) is 0 Å². The summed E-state index contributed by atoms with van der Waals surface area (Å²) in [5, 5.41) is 88.2. The minimum Gasteiger partial charge on any atom is -0.394 e. The summed E-state index contributed by atoms with van der Waals surface area (Å²) in [4.78, 5) is 0. The van der Waals surface area contributed by atoms with Gasteiger partial charge in [0.1, 0.15) is 61.0 Å². The second-order valence-electron chi connectivity index (χ2n) is 7.35. The minimum absolute atomic E-state index is 0.592. The zero-order chi connectivity index (χ0) is 22.2. The average Bonchev–Trinajstić information content (AvgIpc) is 3.18. The fraction of sp³-hybridized carbons (Fsp3) is 1.00. The van der Waals surface area contributed by atoms with E-state index in [4.69, 9.17) is 28.8 Å². The van der Waals surface area contributed by atoms with Gasteiger partial charge in [0.05, 0.1) is 19.8 Å². The van der Waals surface area contributed by atoms with E-state index < -0.39 is 99.7 Å². The molecule has 0 unspecified atom stereocenters. The molecule has 0 aromatic heterocycles. The number of aliphatic hydroxyl groups is 9. The highest BCUT2D eigenvalue weighted by Crippen LogP contribution is 2.32. The van der Waals surface area contributed by atoms with Crippen LogP contribution in [0.15, 0.2) is 0 Å². The fourth-order valence-electron chi connectivity index (χ4n) is 3.65. The molecule has 13 atom stereocenters. The molecule has 0 radical (unpaired) electrons. The van der Waals surface area contributed by atoms with E-state index in [-0.39, 0.29) is 0 Å². The number of ether oxygens (including phenoxy) is 5. The van der Waals surface area contributed by atoms with Gasteiger partial charge in [-0.25, -0.2) is 0 Å². The van der Waals surface area contributed by atoms with E-state index in [2.05, 4.69) is 0 Å². The maximum atomic E-state index is 10.5. The Morgan fingerprint density at radius 2 is 1.00 bits per heavy atom. The zero-order valence-corrected chi connectivity index (χ0v) is 15.7. The number of rotatable bonds is 7. The van der Waals surface area contributed by atoms with E-state index in [0.717, 1.165) is 0 Å². The molecule has 3 saturated heterocycles. The molecular formula is C16H28O14. The van der Waals surface area contributed by atoms with Crippen LogP contribution in [0.5, 0.6) is 0 Å². The molecule has 14 nitrogen and oxygen atoms in total. The first-order valence-electron chi connectivity index (χ1n) is 9.41. The smallest absolute Gasteiger partial charge is 0.187 e. The van der Waals surface area contributed by atoms with Crippen molar-refractivity contribution in [2.45, 2.75) is 79.9 Å². The number of hydrogen-bond donors (Lipinski definition) is 9. The predicted octanol–water partition coefficient (Wildman–Crippen LogP) is -6.29. The molecule has 0 amide bonds. The van der Waals surface area contributed by atoms with Crippen molar-refractivity contribution in [2.24, 2.45) is 0 Å². The molecule has 3 fully saturated rings. The summed E-state index contributed by atoms with van der Waals surface area (Å²) >= 11 is 0. The summed E-state index contributed by atoms with van der Waals surface area (Å²) in [6, 6.07) is 0. The summed E-state index contributed by atoms with van der Waals surface area (Å²) in [6.07, 6.45) is -19.1. The first-order chi connectivity index (χ1) is 14.2. The molecule has 0 aromatic rings. The van der Waals surface area contributed by atoms with Crippen LogP contribution in [0, 0.1) is 0 Å². The highest BCUT2D eigenvalue weighted by molar-refractivity contribution is 4.95. The third-order valence-corrected chi connectivity index (χ3v) is 5.39. The van der Waals surface area contributed by atoms with Crippen LogP contribution in [0.1, 0.15) is 0 Å². The van der Waals surface area contributed by atoms with Gasteiger partial charge in [0, 0.05) is 0 Å². The predicted molar refractivity (Wildman–Crippen MR) is 89.2 cm³/mol. The second-order valence-corrected chi connectivity index (χ2v) is 7.35. The molecular weight excluding hydrogens is 416 g/mol. The van der Waals surface area contributed by atoms with Gasteiger partial charge in [-0.15, -0.1) is 0 Å². The molecule has 0 spiro atoms. The lowest BCUT2D eigenvalue weighted by Crippen LogP contribution is -2.60. The molecule has 176 valence electrons. The zero-order valence-electron chi connectivity index (χ0n) is 15.7. The Morgan fingerprint density at radius 1 is 0.500 bits per heavy atom. The molecule has 0 saturated carbocycles. The minimum atomic E-state index is -1.78. The van der Waals surface area contributed by atoms with Crippen molar-refractivity contribution in [1.82, 2.24) is 0 Å². The number of hydrogen-bond acceptors (Lipinski definition) is 14. The third kappa shape index (κ3) is 4.48. The summed E-state index contributed by atoms with van der Waals surface area (Å²) in [5.41, 5.74) is 0. The van der Waals surface area contributed by atoms with Crippen molar-refractivity contribution >= 4 is 0 Å². The van der Waals surface area contributed by atoms with Crippen LogP contribution >= 0.6 is 0 Å². The highest BCUT2D eigenvalue weighted by atomic mass is 16.8. The van der Waals surface area contributed by atoms with Crippen molar-refractivity contribution in [1.29, 1.82) is 0 Å². The lowest BCUT2D eigenvalue weighted by Gasteiger charge is -2.41. The first-order valence-corrected chi connectivity index (χ1v) is 9.41. The van der Waals surface area contributed by atoms with Crippen molar-refractivity contribution in [3.63, 3.8) is 0 Å². The van der Waals surface area contributed by atoms with Crippen LogP contribution in [0.3, 0.4) is 0 Å². The fourth-order valence-corrected chi connectivity index (χ4v) is 3.65. The van der Waals surface area contributed by atoms with Crippen molar-refractivity contribution in [2.75, 3.05) is 19.8 Å². The third-order valence-electron chi connectivity index (χ3n) is 5.39. The van der Waals surface area contributed by atoms with Gasteiger partial charge in [-0.1, -0.05) is 0 Å². The topological polar surface area (TPSA) is 228 Å². The van der Waals surface area contributed by atoms with Gasteiger partial charge in [0.15, 0.2) is 18.9 Å². The van der Waals surface area contributed by atoms with Crippen LogP contribution in [0.4, 0.5) is 0 Å². The molecule has 0 bridgehead atoms. The SMILES string of the molecule is OC[C@H]1O[C@H](O[C@@H]2[C@@H](O)[C@@H](O[C@@H]3[C@@H](O)[C@H](O)O[C@H](CO)[C@H]3O)O[C@@H]2CO)[C@H](O)[C@H]1O. The van der Waals surface area contributed by atoms with Gasteiger partial charge in [-0.05, 0) is 0 Å². The lowest BCUT2D eigenvalue weighted by atomic mass is 9.99. The quantitative estimate of drug-likeness (QED) is 0.178. The van der Waals surface area contributed by atoms with Crippen molar-refractivity contribution in [3.8, 4) is 0 Å². The Morgan fingerprint density at radius 3 is 1.57 bits per heavy atom. The molecule has 3 aliphatic heterocycles. The van der Waals surface area contributed by atoms with E-state index in [1.165, 1.54) is 0 Å². The monoisotopic (exact) mass is 444 g/mol. The molecule has 9 N–H and O–H groups in total. The Hall–Kier alpha value is -0.560. The normalized spacial score (nSPS) is 52.1. The Bertz CT molecular complexity index is 552. The van der Waals surface area contributed by atoms with Crippen LogP contribution in [-0.4, -0.2) is 146 Å². The van der Waals surface area contributed by atoms with Crippen LogP contribution in [-0.2, 0) is 23.7 Å². The molecule has 3 heterocycles. The molecule has 3 rings (SSSR count). The van der Waals surface area contributed by atoms with Gasteiger partial charge >= 0.3 is 0 Å². The first kappa shape index (κ1) is 24.1. The maximum absolute atomic E-state index is 10.5. The second kappa shape index (κ2) is 9.93. The Kier molecular flexibility index (Phi) is 7.97. The largest absolute Gasteiger partial charge is 0.394 e. The molecule has 0 aromatic carbocycles. The van der Waals surface area contributed by atoms with Crippen molar-refractivity contribution < 1.29 is 69.6 Å². The lowest BCUT2D eigenvalue weighted by molar-refractivity contribution is -0.321. The van der Waals surface area contributed by atoms with Gasteiger partial charge in [0.2, 0.25) is 0 Å². The highest BCUT2D eigenvalue weighted by Gasteiger charge is 2.53. The average molecular weight is 444 g/mol.